The van der Waals surface area contributed by atoms with E-state index in [1.807, 2.05) is 10.6 Å². The molecule has 0 bridgehead atoms. The quantitative estimate of drug-likeness (QED) is 0.663. The molecule has 9 nitrogen and oxygen atoms in total. The van der Waals surface area contributed by atoms with Crippen LogP contribution in [0.3, 0.4) is 0 Å². The molecular weight excluding hydrogens is 404 g/mol. The van der Waals surface area contributed by atoms with Crippen LogP contribution in [0.4, 0.5) is 11.5 Å². The van der Waals surface area contributed by atoms with Crippen LogP contribution in [0.25, 0.3) is 11.2 Å². The van der Waals surface area contributed by atoms with Gasteiger partial charge in [0.2, 0.25) is 0 Å². The largest absolute Gasteiger partial charge is 0.378 e. The smallest absolute Gasteiger partial charge is 0.164 e. The van der Waals surface area contributed by atoms with Crippen LogP contribution in [0.1, 0.15) is 17.5 Å². The second kappa shape index (κ2) is 8.85. The number of fused-ring (bicyclic) bond motifs is 1. The van der Waals surface area contributed by atoms with Gasteiger partial charge in [-0.1, -0.05) is 23.8 Å². The highest BCUT2D eigenvalue weighted by Gasteiger charge is 2.23. The van der Waals surface area contributed by atoms with Crippen LogP contribution in [-0.2, 0) is 11.3 Å². The monoisotopic (exact) mass is 430 g/mol. The minimum atomic E-state index is 0.413. The van der Waals surface area contributed by atoms with Crippen molar-refractivity contribution < 1.29 is 4.74 Å². The molecule has 0 radical (unpaired) electrons. The van der Waals surface area contributed by atoms with Crippen molar-refractivity contribution in [2.24, 2.45) is 4.99 Å². The number of imidazole rings is 1. The molecule has 164 valence electrons. The van der Waals surface area contributed by atoms with Crippen LogP contribution in [0, 0.1) is 18.3 Å². The molecule has 1 N–H and O–H groups in total. The van der Waals surface area contributed by atoms with Crippen molar-refractivity contribution in [1.82, 2.24) is 20.0 Å². The number of pyridine rings is 1. The molecule has 4 heterocycles. The second-order valence-electron chi connectivity index (χ2n) is 7.98. The molecule has 1 fully saturated rings. The maximum absolute atomic E-state index is 9.05. The summed E-state index contributed by atoms with van der Waals surface area (Å²) in [7, 11) is 0. The molecule has 1 aromatic carbocycles. The van der Waals surface area contributed by atoms with E-state index in [0.29, 0.717) is 39.3 Å². The Bertz CT molecular complexity index is 1190. The molecule has 0 spiro atoms. The third kappa shape index (κ3) is 3.97. The number of nitriles is 1. The number of nitrogens with one attached hydrogen (secondary N) is 1. The van der Waals surface area contributed by atoms with Crippen LogP contribution in [-0.4, -0.2) is 59.8 Å². The van der Waals surface area contributed by atoms with Crippen molar-refractivity contribution in [3.8, 4) is 6.07 Å². The predicted molar refractivity (Wildman–Crippen MR) is 124 cm³/mol. The molecule has 5 rings (SSSR count). The molecule has 0 aliphatic carbocycles. The Kier molecular flexibility index (Phi) is 5.60. The fourth-order valence-corrected chi connectivity index (χ4v) is 4.12. The number of aliphatic imine (C=N–C) groups is 1. The van der Waals surface area contributed by atoms with E-state index in [1.165, 1.54) is 5.56 Å². The fourth-order valence-electron chi connectivity index (χ4n) is 4.12. The number of aryl methyl sites for hydroxylation is 2. The molecule has 0 unspecified atom stereocenters. The number of morpholine rings is 1. The highest BCUT2D eigenvalue weighted by atomic mass is 16.5. The zero-order valence-electron chi connectivity index (χ0n) is 18.2. The van der Waals surface area contributed by atoms with E-state index in [4.69, 9.17) is 20.0 Å². The molecule has 2 aliphatic heterocycles. The summed E-state index contributed by atoms with van der Waals surface area (Å²) in [5.74, 6) is 1.66. The summed E-state index contributed by atoms with van der Waals surface area (Å²) in [6, 6.07) is 12.6. The lowest BCUT2D eigenvalue weighted by Gasteiger charge is -2.32. The summed E-state index contributed by atoms with van der Waals surface area (Å²) in [6.07, 6.45) is 2.20. The van der Waals surface area contributed by atoms with E-state index in [2.05, 4.69) is 57.6 Å². The zero-order chi connectivity index (χ0) is 21.9. The van der Waals surface area contributed by atoms with Crippen molar-refractivity contribution >= 4 is 28.5 Å². The summed E-state index contributed by atoms with van der Waals surface area (Å²) >= 11 is 0. The summed E-state index contributed by atoms with van der Waals surface area (Å²) in [6.45, 7) is 7.05. The van der Waals surface area contributed by atoms with Crippen molar-refractivity contribution in [2.75, 3.05) is 49.3 Å². The minimum Gasteiger partial charge on any atom is -0.378 e. The van der Waals surface area contributed by atoms with Gasteiger partial charge in [-0.05, 0) is 13.0 Å². The van der Waals surface area contributed by atoms with Crippen molar-refractivity contribution in [3.05, 3.63) is 47.8 Å². The topological polar surface area (TPSA) is 94.6 Å². The van der Waals surface area contributed by atoms with Gasteiger partial charge in [-0.3, -0.25) is 15.4 Å². The Hall–Kier alpha value is -3.64. The molecular formula is C23H26N8O. The van der Waals surface area contributed by atoms with Gasteiger partial charge in [0.1, 0.15) is 11.4 Å². The fraction of sp³-hybridized carbons (Fsp3) is 0.391. The number of hydrogen-bond acceptors (Lipinski definition) is 8. The van der Waals surface area contributed by atoms with Crippen molar-refractivity contribution in [2.45, 2.75) is 19.9 Å². The maximum Gasteiger partial charge on any atom is 0.164 e. The van der Waals surface area contributed by atoms with Crippen LogP contribution in [0.2, 0.25) is 0 Å². The van der Waals surface area contributed by atoms with Gasteiger partial charge >= 0.3 is 0 Å². The maximum atomic E-state index is 9.05. The van der Waals surface area contributed by atoms with E-state index in [-0.39, 0.29) is 0 Å². The number of nitrogens with zero attached hydrogens (tertiary/aromatic N) is 7. The number of benzene rings is 1. The molecule has 3 aromatic rings. The van der Waals surface area contributed by atoms with Gasteiger partial charge in [0.15, 0.2) is 11.5 Å². The molecule has 9 heteroatoms. The summed E-state index contributed by atoms with van der Waals surface area (Å²) in [4.78, 5) is 16.6. The highest BCUT2D eigenvalue weighted by molar-refractivity contribution is 6.00. The lowest BCUT2D eigenvalue weighted by molar-refractivity contribution is 0.123. The standard InChI is InChI=1S/C23H26N8O/c1-17-4-2-5-18(14-17)22-25-7-9-31(28-22)20-15-19(29-10-12-32-13-11-29)21-23(27-20)30(16-26-21)8-3-6-24/h2,4-5,14-16H,3,7-13H2,1H3,(H,25,28). The van der Waals surface area contributed by atoms with E-state index >= 15 is 0 Å². The van der Waals surface area contributed by atoms with E-state index in [9.17, 15) is 0 Å². The normalized spacial score (nSPS) is 16.6. The molecule has 2 aliphatic rings. The first-order valence-electron chi connectivity index (χ1n) is 10.9. The average Bonchev–Trinajstić information content (AvgIpc) is 3.25. The van der Waals surface area contributed by atoms with Crippen LogP contribution < -0.4 is 15.3 Å². The Morgan fingerprint density at radius 3 is 2.88 bits per heavy atom. The van der Waals surface area contributed by atoms with Gasteiger partial charge < -0.3 is 14.2 Å². The number of ether oxygens (including phenoxy) is 1. The summed E-state index contributed by atoms with van der Waals surface area (Å²) < 4.78 is 7.52. The van der Waals surface area contributed by atoms with Crippen LogP contribution in [0.5, 0.6) is 0 Å². The first-order valence-corrected chi connectivity index (χ1v) is 10.9. The van der Waals surface area contributed by atoms with E-state index in [1.54, 1.807) is 6.33 Å². The van der Waals surface area contributed by atoms with E-state index in [0.717, 1.165) is 47.2 Å². The zero-order valence-corrected chi connectivity index (χ0v) is 18.2. The van der Waals surface area contributed by atoms with Gasteiger partial charge in [0, 0.05) is 31.3 Å². The average molecular weight is 431 g/mol. The summed E-state index contributed by atoms with van der Waals surface area (Å²) in [5.41, 5.74) is 8.41. The molecule has 0 saturated carbocycles. The second-order valence-corrected chi connectivity index (χ2v) is 7.98. The van der Waals surface area contributed by atoms with Gasteiger partial charge in [-0.15, -0.1) is 0 Å². The number of aromatic nitrogens is 3. The van der Waals surface area contributed by atoms with Gasteiger partial charge in [0.05, 0.1) is 50.8 Å². The number of hydrogen-bond donors (Lipinski definition) is 1. The van der Waals surface area contributed by atoms with Crippen LogP contribution >= 0.6 is 0 Å². The minimum absolute atomic E-state index is 0.413. The predicted octanol–water partition coefficient (Wildman–Crippen LogP) is 2.26. The molecule has 0 amide bonds. The Balaban J connectivity index is 1.52. The lowest BCUT2D eigenvalue weighted by atomic mass is 10.1. The Labute approximate surface area is 186 Å². The van der Waals surface area contributed by atoms with Gasteiger partial charge in [-0.25, -0.2) is 9.97 Å². The van der Waals surface area contributed by atoms with Crippen LogP contribution in [0.15, 0.2) is 41.7 Å². The third-order valence-electron chi connectivity index (χ3n) is 5.76. The van der Waals surface area contributed by atoms with Gasteiger partial charge in [-0.2, -0.15) is 5.26 Å². The number of rotatable bonds is 5. The summed E-state index contributed by atoms with van der Waals surface area (Å²) in [5, 5.41) is 11.1. The molecule has 32 heavy (non-hydrogen) atoms. The van der Waals surface area contributed by atoms with E-state index < -0.39 is 0 Å². The number of amidine groups is 1. The van der Waals surface area contributed by atoms with Crippen molar-refractivity contribution in [3.63, 3.8) is 0 Å². The lowest BCUT2D eigenvalue weighted by Crippen LogP contribution is -2.48. The molecule has 0 atom stereocenters. The van der Waals surface area contributed by atoms with Gasteiger partial charge in [0.25, 0.3) is 0 Å². The van der Waals surface area contributed by atoms with Crippen molar-refractivity contribution in [1.29, 1.82) is 5.26 Å². The first-order chi connectivity index (χ1) is 15.7. The molecule has 2 aromatic heterocycles. The number of hydrazine groups is 1. The SMILES string of the molecule is Cc1cccc(C2=NCCN(c3cc(N4CCOCC4)c4ncn(CCC#N)c4n3)N2)c1. The molecule has 1 saturated heterocycles. The first kappa shape index (κ1) is 20.3. The Morgan fingerprint density at radius 1 is 1.19 bits per heavy atom. The highest BCUT2D eigenvalue weighted by Crippen LogP contribution is 2.30. The number of anilines is 2. The third-order valence-corrected chi connectivity index (χ3v) is 5.76. The Morgan fingerprint density at radius 2 is 2.06 bits per heavy atom.